The minimum Gasteiger partial charge on any atom is -0.362 e. The molecule has 0 fully saturated rings. The molecule has 0 radical (unpaired) electrons. The van der Waals surface area contributed by atoms with Crippen molar-refractivity contribution in [1.82, 2.24) is 0 Å². The summed E-state index contributed by atoms with van der Waals surface area (Å²) in [6.07, 6.45) is -1.79. The second kappa shape index (κ2) is 9.82. The molecule has 0 bridgehead atoms. The van der Waals surface area contributed by atoms with Gasteiger partial charge in [0, 0.05) is 0 Å². The van der Waals surface area contributed by atoms with Crippen molar-refractivity contribution in [3.8, 4) is 0 Å². The summed E-state index contributed by atoms with van der Waals surface area (Å²) in [7, 11) is -14.7. The zero-order valence-corrected chi connectivity index (χ0v) is 12.2. The molecule has 0 unspecified atom stereocenters. The fourth-order valence-electron chi connectivity index (χ4n) is 0.139. The highest BCUT2D eigenvalue weighted by molar-refractivity contribution is 7.60. The lowest BCUT2D eigenvalue weighted by molar-refractivity contribution is -0.142. The molecule has 0 aromatic carbocycles. The van der Waals surface area contributed by atoms with Crippen LogP contribution in [0.25, 0.3) is 0 Å². The number of carbonyl (C=O) groups excluding carboxylic acids is 1. The molecule has 0 aliphatic carbocycles. The summed E-state index contributed by atoms with van der Waals surface area (Å²) < 4.78 is 31.1. The molecule has 0 heterocycles. The van der Waals surface area contributed by atoms with Gasteiger partial charge >= 0.3 is 23.5 Å². The summed E-state index contributed by atoms with van der Waals surface area (Å²) in [5, 5.41) is 15.7. The summed E-state index contributed by atoms with van der Waals surface area (Å²) in [5.41, 5.74) is 0. The Morgan fingerprint density at radius 3 is 1.00 bits per heavy atom. The Kier molecular flexibility index (Phi) is 12.2. The average Bonchev–Trinajstić information content (AvgIpc) is 1.92. The van der Waals surface area contributed by atoms with E-state index in [9.17, 15) is 13.9 Å². The van der Waals surface area contributed by atoms with E-state index in [1.54, 1.807) is 0 Å². The Labute approximate surface area is 111 Å². The fraction of sp³-hybridized carbons (Fsp3) is 0.667. The maximum Gasteiger partial charge on any atom is 0.478 e. The lowest BCUT2D eigenvalue weighted by Crippen LogP contribution is -2.14. The van der Waals surface area contributed by atoms with E-state index >= 15 is 0 Å². The smallest absolute Gasteiger partial charge is 0.362 e. The third kappa shape index (κ3) is 52.1. The van der Waals surface area contributed by atoms with Crippen molar-refractivity contribution in [3.63, 3.8) is 0 Å². The highest BCUT2D eigenvalue weighted by Crippen LogP contribution is 2.53. The van der Waals surface area contributed by atoms with Gasteiger partial charge in [-0.25, -0.2) is 13.7 Å². The van der Waals surface area contributed by atoms with Gasteiger partial charge in [-0.2, -0.15) is 4.31 Å². The number of ketones is 1. The van der Waals surface area contributed by atoms with Crippen LogP contribution in [-0.4, -0.2) is 56.5 Å². The van der Waals surface area contributed by atoms with Crippen molar-refractivity contribution in [3.05, 3.63) is 0 Å². The molecule has 20 heavy (non-hydrogen) atoms. The van der Waals surface area contributed by atoms with E-state index in [2.05, 4.69) is 4.31 Å². The molecular formula is C3H13O14P3. The van der Waals surface area contributed by atoms with Gasteiger partial charge in [0.25, 0.3) is 0 Å². The molecule has 9 N–H and O–H groups in total. The number of aliphatic hydroxyl groups excluding tert-OH is 1. The second-order valence-electron chi connectivity index (χ2n) is 2.56. The molecule has 0 saturated carbocycles. The van der Waals surface area contributed by atoms with E-state index < -0.39 is 35.5 Å². The Bertz CT molecular complexity index is 379. The minimum atomic E-state index is -5.05. The standard InChI is InChI=1S/C3H6O3.H4O7P2.H3O4P/c1-2(4)3(5)6;1-8(2,3)7-9(4,5)6;1-5(2,3)4/h3,5-6H,1H3;(H2,1,2,3)(H2,4,5,6);(H3,1,2,3,4). The van der Waals surface area contributed by atoms with Gasteiger partial charge in [0.1, 0.15) is 0 Å². The first-order valence-electron chi connectivity index (χ1n) is 3.82. The molecule has 0 saturated heterocycles. The van der Waals surface area contributed by atoms with Gasteiger partial charge in [-0.15, -0.1) is 0 Å². The normalized spacial score (nSPS) is 11.9. The van der Waals surface area contributed by atoms with Crippen LogP contribution in [0.4, 0.5) is 0 Å². The van der Waals surface area contributed by atoms with E-state index in [1.807, 2.05) is 0 Å². The molecule has 0 atom stereocenters. The number of phosphoric acid groups is 3. The Balaban J connectivity index is -0.000000230. The number of aliphatic hydroxyl groups is 2. The maximum absolute atomic E-state index is 9.64. The fourth-order valence-corrected chi connectivity index (χ4v) is 1.25. The monoisotopic (exact) mass is 366 g/mol. The number of hydrogen-bond acceptors (Lipinski definition) is 7. The SMILES string of the molecule is CC(=O)C(O)O.O=P(O)(O)O.O=P(O)(O)OP(=O)(O)O. The molecule has 0 aromatic heterocycles. The second-order valence-corrected chi connectivity index (χ2v) is 6.20. The average molecular weight is 366 g/mol. The Hall–Kier alpha value is -0.0400. The third-order valence-corrected chi connectivity index (χ3v) is 2.28. The summed E-state index contributed by atoms with van der Waals surface area (Å²) in [6, 6.07) is 0. The van der Waals surface area contributed by atoms with Crippen molar-refractivity contribution >= 4 is 29.3 Å². The van der Waals surface area contributed by atoms with Crippen molar-refractivity contribution in [1.29, 1.82) is 0 Å². The predicted octanol–water partition coefficient (Wildman–Crippen LogP) is -2.85. The predicted molar refractivity (Wildman–Crippen MR) is 58.3 cm³/mol. The summed E-state index contributed by atoms with van der Waals surface area (Å²) in [5.74, 6) is -0.630. The van der Waals surface area contributed by atoms with Gasteiger partial charge in [-0.1, -0.05) is 0 Å². The largest absolute Gasteiger partial charge is 0.478 e. The van der Waals surface area contributed by atoms with E-state index in [0.717, 1.165) is 6.92 Å². The van der Waals surface area contributed by atoms with E-state index in [1.165, 1.54) is 0 Å². The molecule has 17 heteroatoms. The van der Waals surface area contributed by atoms with Crippen LogP contribution in [0.3, 0.4) is 0 Å². The maximum atomic E-state index is 9.64. The third-order valence-electron chi connectivity index (χ3n) is 0.576. The first-order chi connectivity index (χ1) is 8.35. The molecule has 14 nitrogen and oxygen atoms in total. The van der Waals surface area contributed by atoms with Gasteiger partial charge < -0.3 is 44.5 Å². The van der Waals surface area contributed by atoms with Crippen LogP contribution in [0.1, 0.15) is 6.92 Å². The Morgan fingerprint density at radius 2 is 1.00 bits per heavy atom. The Morgan fingerprint density at radius 1 is 0.850 bits per heavy atom. The zero-order valence-electron chi connectivity index (χ0n) is 9.49. The molecule has 0 spiro atoms. The van der Waals surface area contributed by atoms with Crippen LogP contribution in [0.5, 0.6) is 0 Å². The number of hydrogen-bond donors (Lipinski definition) is 9. The van der Waals surface area contributed by atoms with Crippen LogP contribution < -0.4 is 0 Å². The van der Waals surface area contributed by atoms with Crippen LogP contribution in [0.2, 0.25) is 0 Å². The molecule has 0 aliphatic heterocycles. The number of carbonyl (C=O) groups is 1. The molecule has 124 valence electrons. The molecule has 0 aliphatic rings. The topological polar surface area (TPSA) is 260 Å². The van der Waals surface area contributed by atoms with Crippen molar-refractivity contribution < 1.29 is 67.3 Å². The highest BCUT2D eigenvalue weighted by Gasteiger charge is 2.27. The van der Waals surface area contributed by atoms with Crippen LogP contribution >= 0.6 is 23.5 Å². The van der Waals surface area contributed by atoms with Gasteiger partial charge in [0.05, 0.1) is 0 Å². The summed E-state index contributed by atoms with van der Waals surface area (Å²) >= 11 is 0. The highest BCUT2D eigenvalue weighted by atomic mass is 31.3. The molecule has 0 aromatic rings. The van der Waals surface area contributed by atoms with Crippen LogP contribution in [0, 0.1) is 0 Å². The lowest BCUT2D eigenvalue weighted by atomic mass is 10.4. The zero-order chi connectivity index (χ0) is 17.4. The minimum absolute atomic E-state index is 0.630. The summed E-state index contributed by atoms with van der Waals surface area (Å²) in [6.45, 7) is 1.10. The lowest BCUT2D eigenvalue weighted by Gasteiger charge is -2.03. The van der Waals surface area contributed by atoms with Crippen molar-refractivity contribution in [2.24, 2.45) is 0 Å². The van der Waals surface area contributed by atoms with Crippen LogP contribution in [0.15, 0.2) is 0 Å². The number of Topliss-reactive ketones (excluding diaryl/α,β-unsaturated/α-hetero) is 1. The number of rotatable bonds is 3. The molecular weight excluding hydrogens is 353 g/mol. The van der Waals surface area contributed by atoms with Crippen molar-refractivity contribution in [2.75, 3.05) is 0 Å². The van der Waals surface area contributed by atoms with Gasteiger partial charge in [-0.05, 0) is 6.92 Å². The quantitative estimate of drug-likeness (QED) is 0.180. The van der Waals surface area contributed by atoms with E-state index in [0.29, 0.717) is 0 Å². The summed E-state index contributed by atoms with van der Waals surface area (Å²) in [4.78, 5) is 62.2. The first-order valence-corrected chi connectivity index (χ1v) is 8.45. The van der Waals surface area contributed by atoms with E-state index in [4.69, 9.17) is 49.0 Å². The van der Waals surface area contributed by atoms with E-state index in [-0.39, 0.29) is 0 Å². The first kappa shape index (κ1) is 24.9. The molecule has 0 rings (SSSR count). The molecule has 0 amide bonds. The van der Waals surface area contributed by atoms with Gasteiger partial charge in [0.15, 0.2) is 5.78 Å². The van der Waals surface area contributed by atoms with Crippen LogP contribution in [-0.2, 0) is 22.8 Å². The van der Waals surface area contributed by atoms with Gasteiger partial charge in [0.2, 0.25) is 6.29 Å². The van der Waals surface area contributed by atoms with Crippen molar-refractivity contribution in [2.45, 2.75) is 13.2 Å². The van der Waals surface area contributed by atoms with Gasteiger partial charge in [-0.3, -0.25) is 4.79 Å².